The summed E-state index contributed by atoms with van der Waals surface area (Å²) in [5, 5.41) is 1.34. The molecule has 1 heterocycles. The number of hydrogen-bond acceptors (Lipinski definition) is 2. The van der Waals surface area contributed by atoms with Crippen LogP contribution in [0.4, 0.5) is 0 Å². The van der Waals surface area contributed by atoms with E-state index in [0.717, 1.165) is 5.92 Å². The molecule has 0 spiro atoms. The molecule has 1 aromatic carbocycles. The zero-order valence-corrected chi connectivity index (χ0v) is 10.5. The van der Waals surface area contributed by atoms with E-state index in [4.69, 9.17) is 4.98 Å². The second kappa shape index (κ2) is 3.70. The lowest BCUT2D eigenvalue weighted by molar-refractivity contribution is 1.08. The molecule has 82 valence electrons. The van der Waals surface area contributed by atoms with Crippen molar-refractivity contribution in [3.05, 3.63) is 39.7 Å². The highest BCUT2D eigenvalue weighted by Crippen LogP contribution is 2.43. The number of benzene rings is 1. The first-order valence-electron chi connectivity index (χ1n) is 5.78. The van der Waals surface area contributed by atoms with Gasteiger partial charge in [0.05, 0.1) is 10.7 Å². The molecule has 3 rings (SSSR count). The van der Waals surface area contributed by atoms with Crippen molar-refractivity contribution in [3.63, 3.8) is 0 Å². The van der Waals surface area contributed by atoms with Gasteiger partial charge in [-0.3, -0.25) is 0 Å². The van der Waals surface area contributed by atoms with Gasteiger partial charge in [0.25, 0.3) is 0 Å². The monoisotopic (exact) mass is 229 g/mol. The van der Waals surface area contributed by atoms with Crippen molar-refractivity contribution in [1.82, 2.24) is 4.98 Å². The summed E-state index contributed by atoms with van der Waals surface area (Å²) in [5.41, 5.74) is 3.75. The smallest absolute Gasteiger partial charge is 0.0966 e. The van der Waals surface area contributed by atoms with Gasteiger partial charge in [-0.15, -0.1) is 11.3 Å². The molecule has 0 N–H and O–H groups in total. The van der Waals surface area contributed by atoms with Gasteiger partial charge < -0.3 is 0 Å². The summed E-state index contributed by atoms with van der Waals surface area (Å²) in [5.74, 6) is 0.767. The Labute approximate surface area is 100 Å². The highest BCUT2D eigenvalue weighted by atomic mass is 32.1. The summed E-state index contributed by atoms with van der Waals surface area (Å²) < 4.78 is 0. The Hall–Kier alpha value is -1.15. The van der Waals surface area contributed by atoms with E-state index in [9.17, 15) is 0 Å². The van der Waals surface area contributed by atoms with Crippen LogP contribution in [-0.4, -0.2) is 4.98 Å². The van der Waals surface area contributed by atoms with Gasteiger partial charge >= 0.3 is 0 Å². The summed E-state index contributed by atoms with van der Waals surface area (Å²) in [6.07, 6.45) is 2.67. The number of aryl methyl sites for hydroxylation is 2. The first-order valence-corrected chi connectivity index (χ1v) is 6.60. The van der Waals surface area contributed by atoms with Crippen LogP contribution in [0.1, 0.15) is 34.2 Å². The fourth-order valence-corrected chi connectivity index (χ4v) is 3.01. The van der Waals surface area contributed by atoms with Crippen molar-refractivity contribution in [2.45, 2.75) is 32.6 Å². The predicted molar refractivity (Wildman–Crippen MR) is 69.0 cm³/mol. The minimum absolute atomic E-state index is 0.767. The number of aromatic nitrogens is 1. The molecule has 0 amide bonds. The van der Waals surface area contributed by atoms with Crippen molar-refractivity contribution in [3.8, 4) is 11.3 Å². The molecule has 1 aliphatic carbocycles. The van der Waals surface area contributed by atoms with E-state index in [0.29, 0.717) is 0 Å². The Morgan fingerprint density at radius 3 is 2.44 bits per heavy atom. The lowest BCUT2D eigenvalue weighted by Crippen LogP contribution is -1.82. The van der Waals surface area contributed by atoms with Crippen LogP contribution in [0.3, 0.4) is 0 Å². The van der Waals surface area contributed by atoms with Gasteiger partial charge in [0.2, 0.25) is 0 Å². The van der Waals surface area contributed by atoms with Crippen LogP contribution in [0.25, 0.3) is 11.3 Å². The first kappa shape index (κ1) is 10.0. The van der Waals surface area contributed by atoms with E-state index in [1.165, 1.54) is 39.5 Å². The molecular weight excluding hydrogens is 214 g/mol. The van der Waals surface area contributed by atoms with Gasteiger partial charge in [-0.1, -0.05) is 29.8 Å². The van der Waals surface area contributed by atoms with Crippen LogP contribution < -0.4 is 0 Å². The summed E-state index contributed by atoms with van der Waals surface area (Å²) in [6.45, 7) is 4.30. The van der Waals surface area contributed by atoms with E-state index in [2.05, 4.69) is 38.1 Å². The molecule has 0 unspecified atom stereocenters. The number of rotatable bonds is 2. The molecule has 1 fully saturated rings. The minimum atomic E-state index is 0.767. The molecule has 2 heteroatoms. The van der Waals surface area contributed by atoms with Crippen LogP contribution in [-0.2, 0) is 0 Å². The Morgan fingerprint density at radius 2 is 1.81 bits per heavy atom. The third kappa shape index (κ3) is 1.78. The Bertz CT molecular complexity index is 506. The average molecular weight is 229 g/mol. The lowest BCUT2D eigenvalue weighted by atomic mass is 10.1. The largest absolute Gasteiger partial charge is 0.241 e. The molecule has 16 heavy (non-hydrogen) atoms. The summed E-state index contributed by atoms with van der Waals surface area (Å²) >= 11 is 1.87. The summed E-state index contributed by atoms with van der Waals surface area (Å²) in [6, 6.07) is 8.66. The molecule has 1 saturated carbocycles. The van der Waals surface area contributed by atoms with Crippen LogP contribution >= 0.6 is 11.3 Å². The topological polar surface area (TPSA) is 12.9 Å². The molecule has 1 nitrogen and oxygen atoms in total. The molecular formula is C14H15NS. The Morgan fingerprint density at radius 1 is 1.12 bits per heavy atom. The maximum Gasteiger partial charge on any atom is 0.0966 e. The van der Waals surface area contributed by atoms with Gasteiger partial charge in [0.1, 0.15) is 0 Å². The van der Waals surface area contributed by atoms with Crippen LogP contribution in [0.5, 0.6) is 0 Å². The maximum absolute atomic E-state index is 4.79. The van der Waals surface area contributed by atoms with E-state index < -0.39 is 0 Å². The Kier molecular flexibility index (Phi) is 2.32. The van der Waals surface area contributed by atoms with Gasteiger partial charge in [0.15, 0.2) is 0 Å². The number of hydrogen-bond donors (Lipinski definition) is 0. The van der Waals surface area contributed by atoms with Crippen molar-refractivity contribution in [2.24, 2.45) is 0 Å². The fourth-order valence-electron chi connectivity index (χ4n) is 1.90. The predicted octanol–water partition coefficient (Wildman–Crippen LogP) is 4.30. The van der Waals surface area contributed by atoms with Crippen LogP contribution in [0.2, 0.25) is 0 Å². The van der Waals surface area contributed by atoms with Gasteiger partial charge in [-0.2, -0.15) is 0 Å². The molecule has 0 radical (unpaired) electrons. The fraction of sp³-hybridized carbons (Fsp3) is 0.357. The minimum Gasteiger partial charge on any atom is -0.241 e. The molecule has 2 aromatic rings. The molecule has 0 bridgehead atoms. The van der Waals surface area contributed by atoms with Gasteiger partial charge in [-0.25, -0.2) is 4.98 Å². The standard InChI is InChI=1S/C14H15NS/c1-9-3-5-11(6-4-9)13-10(2)16-14(15-13)12-7-8-12/h3-6,12H,7-8H2,1-2H3. The average Bonchev–Trinajstić information content (AvgIpc) is 3.04. The van der Waals surface area contributed by atoms with E-state index in [1.54, 1.807) is 0 Å². The van der Waals surface area contributed by atoms with Crippen molar-refractivity contribution < 1.29 is 0 Å². The lowest BCUT2D eigenvalue weighted by Gasteiger charge is -1.99. The molecule has 1 aromatic heterocycles. The van der Waals surface area contributed by atoms with Gasteiger partial charge in [-0.05, 0) is 26.7 Å². The third-order valence-electron chi connectivity index (χ3n) is 3.06. The summed E-state index contributed by atoms with van der Waals surface area (Å²) in [4.78, 5) is 6.14. The molecule has 0 aliphatic heterocycles. The second-order valence-electron chi connectivity index (χ2n) is 4.60. The highest BCUT2D eigenvalue weighted by molar-refractivity contribution is 7.12. The quantitative estimate of drug-likeness (QED) is 0.748. The van der Waals surface area contributed by atoms with Crippen LogP contribution in [0.15, 0.2) is 24.3 Å². The van der Waals surface area contributed by atoms with Crippen LogP contribution in [0, 0.1) is 13.8 Å². The van der Waals surface area contributed by atoms with E-state index in [1.807, 2.05) is 11.3 Å². The van der Waals surface area contributed by atoms with Crippen molar-refractivity contribution >= 4 is 11.3 Å². The molecule has 0 saturated heterocycles. The zero-order valence-electron chi connectivity index (χ0n) is 9.66. The number of thiazole rings is 1. The normalized spacial score (nSPS) is 15.4. The molecule has 1 aliphatic rings. The van der Waals surface area contributed by atoms with E-state index in [-0.39, 0.29) is 0 Å². The Balaban J connectivity index is 2.01. The first-order chi connectivity index (χ1) is 7.74. The molecule has 0 atom stereocenters. The highest BCUT2D eigenvalue weighted by Gasteiger charge is 2.27. The SMILES string of the molecule is Cc1ccc(-c2nc(C3CC3)sc2C)cc1. The summed E-state index contributed by atoms with van der Waals surface area (Å²) in [7, 11) is 0. The third-order valence-corrected chi connectivity index (χ3v) is 4.20. The maximum atomic E-state index is 4.79. The van der Waals surface area contributed by atoms with Crippen molar-refractivity contribution in [2.75, 3.05) is 0 Å². The van der Waals surface area contributed by atoms with Crippen molar-refractivity contribution in [1.29, 1.82) is 0 Å². The second-order valence-corrected chi connectivity index (χ2v) is 5.83. The van der Waals surface area contributed by atoms with E-state index >= 15 is 0 Å². The zero-order chi connectivity index (χ0) is 11.1. The number of nitrogens with zero attached hydrogens (tertiary/aromatic N) is 1. The van der Waals surface area contributed by atoms with Gasteiger partial charge in [0, 0.05) is 16.4 Å².